The predicted molar refractivity (Wildman–Crippen MR) is 76.0 cm³/mol. The molecule has 0 aliphatic carbocycles. The number of rotatable bonds is 3. The van der Waals surface area contributed by atoms with Crippen LogP contribution in [0.15, 0.2) is 18.3 Å². The van der Waals surface area contributed by atoms with Crippen molar-refractivity contribution in [3.8, 4) is 0 Å². The molecule has 0 bridgehead atoms. The van der Waals surface area contributed by atoms with Crippen molar-refractivity contribution in [3.05, 3.63) is 23.9 Å². The van der Waals surface area contributed by atoms with Gasteiger partial charge in [-0.25, -0.2) is 4.98 Å². The van der Waals surface area contributed by atoms with E-state index in [1.165, 1.54) is 18.5 Å². The molecule has 1 saturated heterocycles. The van der Waals surface area contributed by atoms with Crippen LogP contribution in [0, 0.1) is 6.92 Å². The van der Waals surface area contributed by atoms with E-state index >= 15 is 0 Å². The van der Waals surface area contributed by atoms with Gasteiger partial charge in [0, 0.05) is 37.7 Å². The molecule has 0 radical (unpaired) electrons. The monoisotopic (exact) mass is 297 g/mol. The number of halogens is 1. The minimum absolute atomic E-state index is 1.07. The number of alkyl halides is 1. The number of nitrogens with zero attached hydrogens (tertiary/aromatic N) is 3. The van der Waals surface area contributed by atoms with Crippen LogP contribution in [0.5, 0.6) is 0 Å². The standard InChI is InChI=1S/C13H20BrN3/c1-12-3-5-15-13(11-12)17-7-2-6-16(8-4-14)9-10-17/h3,5,11H,2,4,6-10H2,1H3. The molecule has 0 amide bonds. The third-order valence-electron chi connectivity index (χ3n) is 3.21. The van der Waals surface area contributed by atoms with Crippen LogP contribution in [0.3, 0.4) is 0 Å². The molecule has 0 atom stereocenters. The second kappa shape index (κ2) is 6.36. The van der Waals surface area contributed by atoms with Gasteiger partial charge >= 0.3 is 0 Å². The molecule has 94 valence electrons. The normalized spacial score (nSPS) is 18.1. The molecule has 0 saturated carbocycles. The van der Waals surface area contributed by atoms with Crippen molar-refractivity contribution in [1.29, 1.82) is 0 Å². The fourth-order valence-electron chi connectivity index (χ4n) is 2.24. The predicted octanol–water partition coefficient (Wildman–Crippen LogP) is 2.30. The Bertz CT molecular complexity index is 356. The van der Waals surface area contributed by atoms with E-state index in [1.807, 2.05) is 6.20 Å². The van der Waals surface area contributed by atoms with Gasteiger partial charge < -0.3 is 9.80 Å². The molecule has 1 aromatic rings. The second-order valence-corrected chi connectivity index (χ2v) is 5.36. The molecule has 3 nitrogen and oxygen atoms in total. The maximum Gasteiger partial charge on any atom is 0.128 e. The van der Waals surface area contributed by atoms with Crippen molar-refractivity contribution < 1.29 is 0 Å². The lowest BCUT2D eigenvalue weighted by atomic mass is 10.3. The van der Waals surface area contributed by atoms with Crippen LogP contribution in [0.1, 0.15) is 12.0 Å². The summed E-state index contributed by atoms with van der Waals surface area (Å²) < 4.78 is 0. The van der Waals surface area contributed by atoms with Crippen LogP contribution < -0.4 is 4.90 Å². The highest BCUT2D eigenvalue weighted by Gasteiger charge is 2.15. The van der Waals surface area contributed by atoms with E-state index in [4.69, 9.17) is 0 Å². The van der Waals surface area contributed by atoms with Crippen molar-refractivity contribution in [2.24, 2.45) is 0 Å². The molecular formula is C13H20BrN3. The SMILES string of the molecule is Cc1ccnc(N2CCCN(CCBr)CC2)c1. The van der Waals surface area contributed by atoms with Gasteiger partial charge in [0.05, 0.1) is 0 Å². The average molecular weight is 298 g/mol. The van der Waals surface area contributed by atoms with E-state index in [1.54, 1.807) is 0 Å². The third kappa shape index (κ3) is 3.68. The van der Waals surface area contributed by atoms with E-state index < -0.39 is 0 Å². The molecule has 1 aliphatic heterocycles. The minimum atomic E-state index is 1.07. The van der Waals surface area contributed by atoms with Gasteiger partial charge in [-0.2, -0.15) is 0 Å². The van der Waals surface area contributed by atoms with Crippen LogP contribution in [0.25, 0.3) is 0 Å². The summed E-state index contributed by atoms with van der Waals surface area (Å²) in [6.07, 6.45) is 3.13. The molecule has 0 N–H and O–H groups in total. The zero-order valence-corrected chi connectivity index (χ0v) is 12.0. The summed E-state index contributed by atoms with van der Waals surface area (Å²) in [5, 5.41) is 1.07. The molecule has 1 aromatic heterocycles. The Balaban J connectivity index is 1.99. The molecule has 1 aliphatic rings. The lowest BCUT2D eigenvalue weighted by Gasteiger charge is -2.22. The maximum absolute atomic E-state index is 4.47. The first kappa shape index (κ1) is 12.8. The van der Waals surface area contributed by atoms with Gasteiger partial charge in [0.2, 0.25) is 0 Å². The highest BCUT2D eigenvalue weighted by atomic mass is 79.9. The molecule has 4 heteroatoms. The Labute approximate surface area is 112 Å². The zero-order chi connectivity index (χ0) is 12.1. The number of aryl methyl sites for hydroxylation is 1. The number of pyridine rings is 1. The van der Waals surface area contributed by atoms with Crippen molar-refractivity contribution in [1.82, 2.24) is 9.88 Å². The van der Waals surface area contributed by atoms with Crippen molar-refractivity contribution >= 4 is 21.7 Å². The average Bonchev–Trinajstić information content (AvgIpc) is 2.55. The van der Waals surface area contributed by atoms with Crippen LogP contribution >= 0.6 is 15.9 Å². The van der Waals surface area contributed by atoms with E-state index in [-0.39, 0.29) is 0 Å². The molecule has 17 heavy (non-hydrogen) atoms. The van der Waals surface area contributed by atoms with E-state index in [0.717, 1.165) is 37.3 Å². The minimum Gasteiger partial charge on any atom is -0.355 e. The molecule has 2 heterocycles. The van der Waals surface area contributed by atoms with E-state index in [9.17, 15) is 0 Å². The summed E-state index contributed by atoms with van der Waals surface area (Å²) in [6.45, 7) is 7.82. The topological polar surface area (TPSA) is 19.4 Å². The number of anilines is 1. The lowest BCUT2D eigenvalue weighted by molar-refractivity contribution is 0.313. The van der Waals surface area contributed by atoms with E-state index in [0.29, 0.717) is 0 Å². The maximum atomic E-state index is 4.47. The first-order chi connectivity index (χ1) is 8.29. The second-order valence-electron chi connectivity index (χ2n) is 4.56. The summed E-state index contributed by atoms with van der Waals surface area (Å²) in [5.41, 5.74) is 1.29. The Morgan fingerprint density at radius 1 is 1.29 bits per heavy atom. The number of hydrogen-bond acceptors (Lipinski definition) is 3. The molecule has 0 spiro atoms. The van der Waals surface area contributed by atoms with Gasteiger partial charge in [-0.15, -0.1) is 0 Å². The number of aromatic nitrogens is 1. The highest BCUT2D eigenvalue weighted by molar-refractivity contribution is 9.09. The van der Waals surface area contributed by atoms with Crippen molar-refractivity contribution in [2.75, 3.05) is 43.0 Å². The smallest absolute Gasteiger partial charge is 0.128 e. The zero-order valence-electron chi connectivity index (χ0n) is 10.4. The molecule has 0 unspecified atom stereocenters. The Kier molecular flexibility index (Phi) is 4.80. The third-order valence-corrected chi connectivity index (χ3v) is 3.57. The molecule has 0 aromatic carbocycles. The molecule has 1 fully saturated rings. The lowest BCUT2D eigenvalue weighted by Crippen LogP contribution is -2.32. The quantitative estimate of drug-likeness (QED) is 0.798. The van der Waals surface area contributed by atoms with Crippen LogP contribution in [0.4, 0.5) is 5.82 Å². The van der Waals surface area contributed by atoms with Gasteiger partial charge in [0.15, 0.2) is 0 Å². The molecular weight excluding hydrogens is 278 g/mol. The largest absolute Gasteiger partial charge is 0.355 e. The van der Waals surface area contributed by atoms with Gasteiger partial charge in [0.25, 0.3) is 0 Å². The Hall–Kier alpha value is -0.610. The van der Waals surface area contributed by atoms with Crippen molar-refractivity contribution in [2.45, 2.75) is 13.3 Å². The summed E-state index contributed by atoms with van der Waals surface area (Å²) in [4.78, 5) is 9.40. The van der Waals surface area contributed by atoms with Crippen molar-refractivity contribution in [3.63, 3.8) is 0 Å². The Morgan fingerprint density at radius 3 is 2.94 bits per heavy atom. The summed E-state index contributed by atoms with van der Waals surface area (Å²) in [7, 11) is 0. The molecule has 2 rings (SSSR count). The van der Waals surface area contributed by atoms with Gasteiger partial charge in [-0.05, 0) is 37.6 Å². The van der Waals surface area contributed by atoms with Crippen LogP contribution in [0.2, 0.25) is 0 Å². The van der Waals surface area contributed by atoms with Gasteiger partial charge in [-0.3, -0.25) is 0 Å². The van der Waals surface area contributed by atoms with Crippen LogP contribution in [-0.4, -0.2) is 47.9 Å². The summed E-state index contributed by atoms with van der Waals surface area (Å²) in [6, 6.07) is 4.23. The Morgan fingerprint density at radius 2 is 2.18 bits per heavy atom. The van der Waals surface area contributed by atoms with Gasteiger partial charge in [-0.1, -0.05) is 15.9 Å². The summed E-state index contributed by atoms with van der Waals surface area (Å²) >= 11 is 3.51. The van der Waals surface area contributed by atoms with Crippen LogP contribution in [-0.2, 0) is 0 Å². The van der Waals surface area contributed by atoms with E-state index in [2.05, 4.69) is 49.8 Å². The van der Waals surface area contributed by atoms with Gasteiger partial charge in [0.1, 0.15) is 5.82 Å². The first-order valence-corrected chi connectivity index (χ1v) is 7.37. The highest BCUT2D eigenvalue weighted by Crippen LogP contribution is 2.14. The summed E-state index contributed by atoms with van der Waals surface area (Å²) in [5.74, 6) is 1.13. The number of hydrogen-bond donors (Lipinski definition) is 0. The fourth-order valence-corrected chi connectivity index (χ4v) is 2.74. The first-order valence-electron chi connectivity index (χ1n) is 6.25. The fraction of sp³-hybridized carbons (Fsp3) is 0.615.